The molecule has 2 nitrogen and oxygen atoms in total. The fraction of sp³-hybridized carbons (Fsp3) is 1.00. The van der Waals surface area contributed by atoms with Crippen molar-refractivity contribution >= 4 is 0 Å². The van der Waals surface area contributed by atoms with E-state index in [1.165, 1.54) is 0 Å². The summed E-state index contributed by atoms with van der Waals surface area (Å²) in [5.41, 5.74) is 0. The monoisotopic (exact) mass is 86.0 g/mol. The van der Waals surface area contributed by atoms with Crippen LogP contribution in [0.4, 0.5) is 0 Å². The van der Waals surface area contributed by atoms with Crippen LogP contribution in [0.1, 0.15) is 6.92 Å². The third-order valence-electron chi connectivity index (χ3n) is 0. The second-order valence-electron chi connectivity index (χ2n) is 0.289. The minimum Gasteiger partial charge on any atom is -0.855 e. The van der Waals surface area contributed by atoms with Gasteiger partial charge in [-0.25, -0.2) is 0 Å². The molecule has 0 aliphatic rings. The van der Waals surface area contributed by atoms with Gasteiger partial charge in [0, 0.05) is 0 Å². The first-order valence-corrected chi connectivity index (χ1v) is 0.996. The van der Waals surface area contributed by atoms with Gasteiger partial charge in [0.15, 0.2) is 0 Å². The molecule has 28 valence electrons. The van der Waals surface area contributed by atoms with E-state index in [1.54, 1.807) is 6.92 Å². The summed E-state index contributed by atoms with van der Waals surface area (Å²) >= 11 is 0. The van der Waals surface area contributed by atoms with Crippen molar-refractivity contribution < 1.29 is 40.1 Å². The van der Waals surface area contributed by atoms with Crippen molar-refractivity contribution in [2.45, 2.75) is 6.92 Å². The maximum Gasteiger partial charge on any atom is 1.00 e. The van der Waals surface area contributed by atoms with Crippen LogP contribution in [0.25, 0.3) is 0 Å². The summed E-state index contributed by atoms with van der Waals surface area (Å²) in [6.07, 6.45) is 0. The van der Waals surface area contributed by atoms with Crippen molar-refractivity contribution in [1.29, 1.82) is 0 Å². The molecule has 0 aromatic rings. The molecular formula is C2H7NaO2. The molecule has 3 heteroatoms. The molecule has 0 fully saturated rings. The van der Waals surface area contributed by atoms with Gasteiger partial charge in [-0.05, 0) is 0 Å². The molecule has 0 radical (unpaired) electrons. The fourth-order valence-electron chi connectivity index (χ4n) is 0. The zero-order chi connectivity index (χ0) is 2.71. The van der Waals surface area contributed by atoms with Crippen LogP contribution >= 0.6 is 0 Å². The SMILES string of the molecule is CC[O-].O.[Na+]. The summed E-state index contributed by atoms with van der Waals surface area (Å²) in [6.45, 7) is 1.57. The largest absolute Gasteiger partial charge is 1.00 e. The van der Waals surface area contributed by atoms with E-state index in [-0.39, 0.29) is 41.6 Å². The normalized spacial score (nSPS) is 3.60. The first-order valence-electron chi connectivity index (χ1n) is 0.996. The predicted molar refractivity (Wildman–Crippen MR) is 14.2 cm³/mol. The second-order valence-corrected chi connectivity index (χ2v) is 0.289. The molecule has 0 aliphatic heterocycles. The van der Waals surface area contributed by atoms with E-state index in [2.05, 4.69) is 0 Å². The third-order valence-corrected chi connectivity index (χ3v) is 0. The molecule has 0 unspecified atom stereocenters. The zero-order valence-electron chi connectivity index (χ0n) is 3.62. The molecule has 0 amide bonds. The average molecular weight is 86.1 g/mol. The molecule has 0 aromatic carbocycles. The molecule has 2 N–H and O–H groups in total. The zero-order valence-corrected chi connectivity index (χ0v) is 5.62. The molecule has 0 saturated heterocycles. The van der Waals surface area contributed by atoms with Crippen LogP contribution in [0, 0.1) is 0 Å². The molecule has 0 rings (SSSR count). The Balaban J connectivity index is -0.0000000200. The third kappa shape index (κ3) is 49.6. The second kappa shape index (κ2) is 20.5. The Hall–Kier alpha value is 0.920. The van der Waals surface area contributed by atoms with Gasteiger partial charge in [0.2, 0.25) is 0 Å². The molecule has 0 aliphatic carbocycles. The van der Waals surface area contributed by atoms with E-state index >= 15 is 0 Å². The van der Waals surface area contributed by atoms with Crippen molar-refractivity contribution in [3.05, 3.63) is 0 Å². The van der Waals surface area contributed by atoms with Crippen molar-refractivity contribution in [2.24, 2.45) is 0 Å². The summed E-state index contributed by atoms with van der Waals surface area (Å²) in [7, 11) is 0. The topological polar surface area (TPSA) is 54.6 Å². The van der Waals surface area contributed by atoms with E-state index in [4.69, 9.17) is 5.11 Å². The molecule has 0 bridgehead atoms. The molecule has 0 saturated carbocycles. The quantitative estimate of drug-likeness (QED) is 0.274. The van der Waals surface area contributed by atoms with Gasteiger partial charge in [-0.3, -0.25) is 0 Å². The summed E-state index contributed by atoms with van der Waals surface area (Å²) in [5, 5.41) is 8.93. The predicted octanol–water partition coefficient (Wildman–Crippen LogP) is -4.45. The number of rotatable bonds is 0. The van der Waals surface area contributed by atoms with E-state index in [9.17, 15) is 0 Å². The van der Waals surface area contributed by atoms with Crippen LogP contribution in [-0.2, 0) is 0 Å². The molecule has 0 atom stereocenters. The van der Waals surface area contributed by atoms with Crippen LogP contribution < -0.4 is 34.7 Å². The molecular weight excluding hydrogens is 79.0 g/mol. The Morgan fingerprint density at radius 2 is 1.60 bits per heavy atom. The van der Waals surface area contributed by atoms with Gasteiger partial charge in [0.25, 0.3) is 0 Å². The van der Waals surface area contributed by atoms with Gasteiger partial charge in [0.05, 0.1) is 0 Å². The van der Waals surface area contributed by atoms with Crippen LogP contribution in [0.15, 0.2) is 0 Å². The van der Waals surface area contributed by atoms with Crippen molar-refractivity contribution in [3.8, 4) is 0 Å². The Kier molecular flexibility index (Phi) is 68.9. The van der Waals surface area contributed by atoms with Crippen LogP contribution in [0.2, 0.25) is 0 Å². The first-order chi connectivity index (χ1) is 1.41. The summed E-state index contributed by atoms with van der Waals surface area (Å²) < 4.78 is 0. The Bertz CT molecular complexity index is 7.61. The van der Waals surface area contributed by atoms with Gasteiger partial charge in [-0.2, -0.15) is 0 Å². The van der Waals surface area contributed by atoms with Gasteiger partial charge < -0.3 is 10.6 Å². The first kappa shape index (κ1) is 16.8. The van der Waals surface area contributed by atoms with Crippen molar-refractivity contribution in [1.82, 2.24) is 0 Å². The number of hydrogen-bond acceptors (Lipinski definition) is 1. The molecule has 0 spiro atoms. The summed E-state index contributed by atoms with van der Waals surface area (Å²) in [5.74, 6) is 0. The smallest absolute Gasteiger partial charge is 0.855 e. The van der Waals surface area contributed by atoms with E-state index < -0.39 is 0 Å². The van der Waals surface area contributed by atoms with Crippen LogP contribution in [0.3, 0.4) is 0 Å². The Labute approximate surface area is 53.8 Å². The van der Waals surface area contributed by atoms with E-state index in [0.717, 1.165) is 0 Å². The van der Waals surface area contributed by atoms with Gasteiger partial charge in [0.1, 0.15) is 0 Å². The molecule has 5 heavy (non-hydrogen) atoms. The van der Waals surface area contributed by atoms with Crippen LogP contribution in [-0.4, -0.2) is 12.1 Å². The Morgan fingerprint density at radius 1 is 1.60 bits per heavy atom. The maximum absolute atomic E-state index is 8.93. The molecule has 0 heterocycles. The summed E-state index contributed by atoms with van der Waals surface area (Å²) in [4.78, 5) is 0. The average Bonchev–Trinajstić information content (AvgIpc) is 0.918. The fourth-order valence-corrected chi connectivity index (χ4v) is 0. The van der Waals surface area contributed by atoms with Gasteiger partial charge in [-0.1, -0.05) is 6.92 Å². The minimum atomic E-state index is 0. The van der Waals surface area contributed by atoms with Crippen molar-refractivity contribution in [3.63, 3.8) is 0 Å². The standard InChI is InChI=1S/C2H5O.Na.H2O/c1-2-3;;/h2H2,1H3;;1H2/q-1;+1;. The van der Waals surface area contributed by atoms with Gasteiger partial charge in [-0.15, -0.1) is 6.61 Å². The Morgan fingerprint density at radius 3 is 1.60 bits per heavy atom. The van der Waals surface area contributed by atoms with Crippen molar-refractivity contribution in [2.75, 3.05) is 6.61 Å². The van der Waals surface area contributed by atoms with E-state index in [0.29, 0.717) is 0 Å². The number of hydrogen-bond donors (Lipinski definition) is 0. The van der Waals surface area contributed by atoms with Crippen LogP contribution in [0.5, 0.6) is 0 Å². The minimum absolute atomic E-state index is 0. The van der Waals surface area contributed by atoms with Gasteiger partial charge >= 0.3 is 29.6 Å². The molecule has 0 aromatic heterocycles. The van der Waals surface area contributed by atoms with E-state index in [1.807, 2.05) is 0 Å². The summed E-state index contributed by atoms with van der Waals surface area (Å²) in [6, 6.07) is 0. The maximum atomic E-state index is 8.93.